The third-order valence-corrected chi connectivity index (χ3v) is 4.80. The maximum Gasteiger partial charge on any atom is 0.222 e. The Kier molecular flexibility index (Phi) is 4.48. The van der Waals surface area contributed by atoms with Crippen LogP contribution in [0.3, 0.4) is 0 Å². The Morgan fingerprint density at radius 3 is 3.05 bits per heavy atom. The van der Waals surface area contributed by atoms with Crippen molar-refractivity contribution in [2.45, 2.75) is 39.3 Å². The van der Waals surface area contributed by atoms with Crippen LogP contribution in [0.15, 0.2) is 30.5 Å². The fourth-order valence-corrected chi connectivity index (χ4v) is 3.44. The summed E-state index contributed by atoms with van der Waals surface area (Å²) in [4.78, 5) is 17.1. The molecule has 0 bridgehead atoms. The first-order valence-corrected chi connectivity index (χ1v) is 8.25. The second kappa shape index (κ2) is 6.53. The van der Waals surface area contributed by atoms with Gasteiger partial charge in [-0.2, -0.15) is 0 Å². The van der Waals surface area contributed by atoms with Crippen LogP contribution in [-0.2, 0) is 11.3 Å². The molecule has 0 spiro atoms. The van der Waals surface area contributed by atoms with E-state index >= 15 is 0 Å². The number of aromatic nitrogens is 1. The van der Waals surface area contributed by atoms with Crippen molar-refractivity contribution < 1.29 is 4.79 Å². The molecule has 0 unspecified atom stereocenters. The zero-order valence-electron chi connectivity index (χ0n) is 13.4. The minimum atomic E-state index is 0.280. The van der Waals surface area contributed by atoms with Crippen LogP contribution in [0.25, 0.3) is 10.9 Å². The molecule has 2 aromatic rings. The van der Waals surface area contributed by atoms with Crippen molar-refractivity contribution in [1.29, 1.82) is 0 Å². The first-order valence-electron chi connectivity index (χ1n) is 8.25. The molecule has 4 nitrogen and oxygen atoms in total. The van der Waals surface area contributed by atoms with E-state index < -0.39 is 0 Å². The van der Waals surface area contributed by atoms with E-state index in [2.05, 4.69) is 41.5 Å². The zero-order chi connectivity index (χ0) is 15.5. The number of H-pyrrole nitrogens is 1. The lowest BCUT2D eigenvalue weighted by atomic mass is 9.93. The quantitative estimate of drug-likeness (QED) is 0.912. The van der Waals surface area contributed by atoms with Crippen molar-refractivity contribution in [2.75, 3.05) is 13.1 Å². The molecule has 1 amide bonds. The van der Waals surface area contributed by atoms with Gasteiger partial charge in [0, 0.05) is 49.2 Å². The number of carbonyl (C=O) groups excluding carboxylic acids is 1. The molecule has 2 N–H and O–H groups in total. The third-order valence-electron chi connectivity index (χ3n) is 4.80. The lowest BCUT2D eigenvalue weighted by Crippen LogP contribution is -2.49. The number of benzene rings is 1. The van der Waals surface area contributed by atoms with Gasteiger partial charge in [0.15, 0.2) is 0 Å². The molecule has 118 valence electrons. The van der Waals surface area contributed by atoms with Gasteiger partial charge in [0.25, 0.3) is 0 Å². The van der Waals surface area contributed by atoms with Gasteiger partial charge in [-0.25, -0.2) is 0 Å². The molecule has 1 aromatic carbocycles. The smallest absolute Gasteiger partial charge is 0.222 e. The molecule has 3 rings (SSSR count). The van der Waals surface area contributed by atoms with E-state index in [1.807, 2.05) is 18.0 Å². The molecule has 1 aliphatic rings. The van der Waals surface area contributed by atoms with Crippen LogP contribution < -0.4 is 5.32 Å². The molecule has 1 fully saturated rings. The fraction of sp³-hybridized carbons (Fsp3) is 0.500. The first kappa shape index (κ1) is 15.1. The highest BCUT2D eigenvalue weighted by Gasteiger charge is 2.27. The molecule has 1 aliphatic heterocycles. The Bertz CT molecular complexity index is 649. The van der Waals surface area contributed by atoms with Crippen LogP contribution in [0.5, 0.6) is 0 Å². The lowest BCUT2D eigenvalue weighted by Gasteiger charge is -2.37. The highest BCUT2D eigenvalue weighted by atomic mass is 16.2. The van der Waals surface area contributed by atoms with Crippen LogP contribution >= 0.6 is 0 Å². The lowest BCUT2D eigenvalue weighted by molar-refractivity contribution is -0.132. The zero-order valence-corrected chi connectivity index (χ0v) is 13.4. The van der Waals surface area contributed by atoms with Crippen LogP contribution in [0.1, 0.15) is 32.3 Å². The number of likely N-dealkylation sites (tertiary alicyclic amines) is 1. The van der Waals surface area contributed by atoms with Gasteiger partial charge in [-0.15, -0.1) is 0 Å². The number of amides is 1. The van der Waals surface area contributed by atoms with Crippen LogP contribution in [0.4, 0.5) is 0 Å². The fourth-order valence-electron chi connectivity index (χ4n) is 3.44. The number of fused-ring (bicyclic) bond motifs is 1. The van der Waals surface area contributed by atoms with Crippen molar-refractivity contribution in [1.82, 2.24) is 15.2 Å². The number of nitrogens with one attached hydrogen (secondary N) is 2. The van der Waals surface area contributed by atoms with E-state index in [-0.39, 0.29) is 5.91 Å². The van der Waals surface area contributed by atoms with Gasteiger partial charge >= 0.3 is 0 Å². The Labute approximate surface area is 131 Å². The number of aromatic amines is 1. The average molecular weight is 299 g/mol. The summed E-state index contributed by atoms with van der Waals surface area (Å²) in [7, 11) is 0. The first-order chi connectivity index (χ1) is 10.7. The van der Waals surface area contributed by atoms with Crippen molar-refractivity contribution in [3.8, 4) is 0 Å². The number of carbonyl (C=O) groups is 1. The second-order valence-electron chi connectivity index (χ2n) is 6.30. The SMILES string of the molecule is CCC(=O)N1CC[C@H](NCc2cccc3[nH]ccc23)[C@@H](C)C1. The molecule has 4 heteroatoms. The molecule has 0 radical (unpaired) electrons. The van der Waals surface area contributed by atoms with E-state index in [1.54, 1.807) is 0 Å². The summed E-state index contributed by atoms with van der Waals surface area (Å²) in [6.07, 6.45) is 3.64. The summed E-state index contributed by atoms with van der Waals surface area (Å²) >= 11 is 0. The number of hydrogen-bond donors (Lipinski definition) is 2. The van der Waals surface area contributed by atoms with Crippen molar-refractivity contribution >= 4 is 16.8 Å². The Morgan fingerprint density at radius 2 is 2.27 bits per heavy atom. The van der Waals surface area contributed by atoms with E-state index in [1.165, 1.54) is 16.5 Å². The Morgan fingerprint density at radius 1 is 1.41 bits per heavy atom. The maximum atomic E-state index is 11.8. The van der Waals surface area contributed by atoms with Gasteiger partial charge < -0.3 is 15.2 Å². The predicted molar refractivity (Wildman–Crippen MR) is 89.6 cm³/mol. The molecule has 1 aromatic heterocycles. The van der Waals surface area contributed by atoms with Gasteiger partial charge in [-0.3, -0.25) is 4.79 Å². The summed E-state index contributed by atoms with van der Waals surface area (Å²) in [6, 6.07) is 9.01. The maximum absolute atomic E-state index is 11.8. The molecule has 2 heterocycles. The number of rotatable bonds is 4. The standard InChI is InChI=1S/C18H25N3O/c1-3-18(22)21-10-8-16(13(2)12-21)20-11-14-5-4-6-17-15(14)7-9-19-17/h4-7,9,13,16,19-20H,3,8,10-12H2,1-2H3/t13-,16-/m0/s1. The van der Waals surface area contributed by atoms with Gasteiger partial charge in [0.05, 0.1) is 0 Å². The monoisotopic (exact) mass is 299 g/mol. The van der Waals surface area contributed by atoms with E-state index in [0.29, 0.717) is 18.4 Å². The molecule has 22 heavy (non-hydrogen) atoms. The largest absolute Gasteiger partial charge is 0.361 e. The van der Waals surface area contributed by atoms with Gasteiger partial charge in [-0.1, -0.05) is 26.0 Å². The van der Waals surface area contributed by atoms with Crippen molar-refractivity contribution in [3.05, 3.63) is 36.0 Å². The van der Waals surface area contributed by atoms with Crippen LogP contribution in [-0.4, -0.2) is 34.9 Å². The van der Waals surface area contributed by atoms with Crippen molar-refractivity contribution in [3.63, 3.8) is 0 Å². The van der Waals surface area contributed by atoms with Crippen LogP contribution in [0.2, 0.25) is 0 Å². The molecular formula is C18H25N3O. The number of piperidine rings is 1. The highest BCUT2D eigenvalue weighted by Crippen LogP contribution is 2.20. The third kappa shape index (κ3) is 3.02. The van der Waals surface area contributed by atoms with E-state index in [0.717, 1.165) is 26.1 Å². The van der Waals surface area contributed by atoms with Gasteiger partial charge in [-0.05, 0) is 30.0 Å². The summed E-state index contributed by atoms with van der Waals surface area (Å²) in [5.74, 6) is 0.775. The summed E-state index contributed by atoms with van der Waals surface area (Å²) in [5.41, 5.74) is 2.52. The molecular weight excluding hydrogens is 274 g/mol. The Balaban J connectivity index is 1.60. The average Bonchev–Trinajstić information content (AvgIpc) is 3.02. The summed E-state index contributed by atoms with van der Waals surface area (Å²) in [5, 5.41) is 4.99. The van der Waals surface area contributed by atoms with Crippen molar-refractivity contribution in [2.24, 2.45) is 5.92 Å². The molecule has 2 atom stereocenters. The number of nitrogens with zero attached hydrogens (tertiary/aromatic N) is 1. The Hall–Kier alpha value is -1.81. The highest BCUT2D eigenvalue weighted by molar-refractivity contribution is 5.82. The molecule has 0 aliphatic carbocycles. The molecule has 1 saturated heterocycles. The van der Waals surface area contributed by atoms with Gasteiger partial charge in [0.1, 0.15) is 0 Å². The minimum Gasteiger partial charge on any atom is -0.361 e. The summed E-state index contributed by atoms with van der Waals surface area (Å²) in [6.45, 7) is 6.81. The predicted octanol–water partition coefficient (Wildman–Crippen LogP) is 2.90. The normalized spacial score (nSPS) is 22.2. The topological polar surface area (TPSA) is 48.1 Å². The summed E-state index contributed by atoms with van der Waals surface area (Å²) < 4.78 is 0. The van der Waals surface area contributed by atoms with E-state index in [9.17, 15) is 4.79 Å². The van der Waals surface area contributed by atoms with Crippen LogP contribution in [0, 0.1) is 5.92 Å². The van der Waals surface area contributed by atoms with Gasteiger partial charge in [0.2, 0.25) is 5.91 Å². The van der Waals surface area contributed by atoms with E-state index in [4.69, 9.17) is 0 Å². The number of hydrogen-bond acceptors (Lipinski definition) is 2. The minimum absolute atomic E-state index is 0.280. The second-order valence-corrected chi connectivity index (χ2v) is 6.30. The molecule has 0 saturated carbocycles.